The van der Waals surface area contributed by atoms with Crippen LogP contribution in [0, 0.1) is 11.8 Å². The van der Waals surface area contributed by atoms with Crippen LogP contribution in [0.5, 0.6) is 0 Å². The first-order valence-corrected chi connectivity index (χ1v) is 8.11. The van der Waals surface area contributed by atoms with E-state index in [-0.39, 0.29) is 12.6 Å². The van der Waals surface area contributed by atoms with Crippen LogP contribution in [0.25, 0.3) is 0 Å². The van der Waals surface area contributed by atoms with Crippen LogP contribution < -0.4 is 5.32 Å². The smallest absolute Gasteiger partial charge is 0.0587 e. The third-order valence-electron chi connectivity index (χ3n) is 4.67. The summed E-state index contributed by atoms with van der Waals surface area (Å²) in [4.78, 5) is 0. The highest BCUT2D eigenvalue weighted by molar-refractivity contribution is 5.16. The second kappa shape index (κ2) is 7.80. The summed E-state index contributed by atoms with van der Waals surface area (Å²) in [5.41, 5.74) is 1.30. The fourth-order valence-electron chi connectivity index (χ4n) is 3.54. The summed E-state index contributed by atoms with van der Waals surface area (Å²) in [5.74, 6) is 1.48. The van der Waals surface area contributed by atoms with Crippen molar-refractivity contribution in [2.45, 2.75) is 58.0 Å². The van der Waals surface area contributed by atoms with Crippen molar-refractivity contribution in [2.75, 3.05) is 6.61 Å². The molecular weight excluding hydrogens is 246 g/mol. The van der Waals surface area contributed by atoms with Gasteiger partial charge in [0.25, 0.3) is 0 Å². The Balaban J connectivity index is 1.94. The van der Waals surface area contributed by atoms with Gasteiger partial charge >= 0.3 is 0 Å². The average molecular weight is 275 g/mol. The second-order valence-corrected chi connectivity index (χ2v) is 6.53. The maximum atomic E-state index is 9.68. The van der Waals surface area contributed by atoms with Gasteiger partial charge in [-0.3, -0.25) is 0 Å². The van der Waals surface area contributed by atoms with Crippen molar-refractivity contribution < 1.29 is 5.11 Å². The number of aliphatic hydroxyl groups excluding tert-OH is 1. The Bertz CT molecular complexity index is 376. The van der Waals surface area contributed by atoms with Crippen molar-refractivity contribution in [3.8, 4) is 0 Å². The summed E-state index contributed by atoms with van der Waals surface area (Å²) >= 11 is 0. The Morgan fingerprint density at radius 3 is 2.50 bits per heavy atom. The third-order valence-corrected chi connectivity index (χ3v) is 4.67. The predicted molar refractivity (Wildman–Crippen MR) is 84.7 cm³/mol. The molecule has 0 saturated heterocycles. The van der Waals surface area contributed by atoms with Crippen molar-refractivity contribution >= 4 is 0 Å². The number of hydrogen-bond acceptors (Lipinski definition) is 2. The van der Waals surface area contributed by atoms with E-state index >= 15 is 0 Å². The van der Waals surface area contributed by atoms with Crippen LogP contribution in [-0.2, 0) is 6.42 Å². The first-order chi connectivity index (χ1) is 9.70. The van der Waals surface area contributed by atoms with Crippen LogP contribution >= 0.6 is 0 Å². The molecule has 2 heteroatoms. The highest BCUT2D eigenvalue weighted by Gasteiger charge is 2.28. The number of nitrogens with one attached hydrogen (secondary N) is 1. The summed E-state index contributed by atoms with van der Waals surface area (Å²) in [6, 6.07) is 11.2. The van der Waals surface area contributed by atoms with E-state index in [1.54, 1.807) is 0 Å². The van der Waals surface area contributed by atoms with E-state index < -0.39 is 0 Å². The molecule has 0 radical (unpaired) electrons. The molecule has 2 unspecified atom stereocenters. The van der Waals surface area contributed by atoms with Gasteiger partial charge in [0.1, 0.15) is 0 Å². The second-order valence-electron chi connectivity index (χ2n) is 6.53. The van der Waals surface area contributed by atoms with Crippen molar-refractivity contribution in [1.29, 1.82) is 0 Å². The van der Waals surface area contributed by atoms with Crippen molar-refractivity contribution in [2.24, 2.45) is 11.8 Å². The van der Waals surface area contributed by atoms with Crippen LogP contribution in [0.1, 0.15) is 45.1 Å². The number of hydrogen-bond donors (Lipinski definition) is 2. The molecule has 1 saturated carbocycles. The molecule has 0 spiro atoms. The van der Waals surface area contributed by atoms with Crippen molar-refractivity contribution in [3.05, 3.63) is 35.9 Å². The SMILES string of the molecule is CC(C)C1CCCCC1N[C@@H](CO)Cc1ccccc1. The minimum absolute atomic E-state index is 0.182. The maximum absolute atomic E-state index is 9.68. The lowest BCUT2D eigenvalue weighted by Crippen LogP contribution is -2.48. The van der Waals surface area contributed by atoms with Gasteiger partial charge in [-0.1, -0.05) is 57.0 Å². The minimum Gasteiger partial charge on any atom is -0.395 e. The highest BCUT2D eigenvalue weighted by atomic mass is 16.3. The summed E-state index contributed by atoms with van der Waals surface area (Å²) in [5, 5.41) is 13.4. The monoisotopic (exact) mass is 275 g/mol. The largest absolute Gasteiger partial charge is 0.395 e. The van der Waals surface area contributed by atoms with Crippen molar-refractivity contribution in [1.82, 2.24) is 5.32 Å². The molecule has 2 rings (SSSR count). The fraction of sp³-hybridized carbons (Fsp3) is 0.667. The predicted octanol–water partition coefficient (Wildman–Crippen LogP) is 3.39. The normalized spacial score (nSPS) is 24.8. The topological polar surface area (TPSA) is 32.3 Å². The Morgan fingerprint density at radius 1 is 1.15 bits per heavy atom. The van der Waals surface area contributed by atoms with Gasteiger partial charge in [0.15, 0.2) is 0 Å². The Hall–Kier alpha value is -0.860. The van der Waals surface area contributed by atoms with E-state index in [1.807, 2.05) is 6.07 Å². The Morgan fingerprint density at radius 2 is 1.85 bits per heavy atom. The molecule has 3 atom stereocenters. The Kier molecular flexibility index (Phi) is 6.06. The zero-order valence-corrected chi connectivity index (χ0v) is 12.9. The van der Waals surface area contributed by atoms with E-state index in [2.05, 4.69) is 43.4 Å². The minimum atomic E-state index is 0.182. The summed E-state index contributed by atoms with van der Waals surface area (Å²) in [6.45, 7) is 4.88. The molecule has 0 aromatic heterocycles. The van der Waals surface area contributed by atoms with Gasteiger partial charge in [-0.2, -0.15) is 0 Å². The van der Waals surface area contributed by atoms with Gasteiger partial charge < -0.3 is 10.4 Å². The molecule has 1 aliphatic carbocycles. The van der Waals surface area contributed by atoms with Gasteiger partial charge in [-0.05, 0) is 36.7 Å². The van der Waals surface area contributed by atoms with Crippen LogP contribution in [0.15, 0.2) is 30.3 Å². The number of rotatable bonds is 6. The molecule has 2 nitrogen and oxygen atoms in total. The lowest BCUT2D eigenvalue weighted by atomic mass is 9.77. The molecule has 1 aromatic carbocycles. The van der Waals surface area contributed by atoms with Crippen LogP contribution in [0.3, 0.4) is 0 Å². The molecule has 1 aliphatic rings. The maximum Gasteiger partial charge on any atom is 0.0587 e. The molecule has 1 aromatic rings. The van der Waals surface area contributed by atoms with Crippen LogP contribution in [0.2, 0.25) is 0 Å². The molecule has 2 N–H and O–H groups in total. The van der Waals surface area contributed by atoms with E-state index in [0.29, 0.717) is 6.04 Å². The molecule has 0 bridgehead atoms. The average Bonchev–Trinajstić information content (AvgIpc) is 2.48. The first kappa shape index (κ1) is 15.5. The summed E-state index contributed by atoms with van der Waals surface area (Å²) in [6.07, 6.45) is 6.19. The van der Waals surface area contributed by atoms with Gasteiger partial charge in [-0.25, -0.2) is 0 Å². The van der Waals surface area contributed by atoms with E-state index in [9.17, 15) is 5.11 Å². The number of benzene rings is 1. The van der Waals surface area contributed by atoms with E-state index in [0.717, 1.165) is 18.3 Å². The molecule has 1 fully saturated rings. The van der Waals surface area contributed by atoms with Gasteiger partial charge in [-0.15, -0.1) is 0 Å². The lowest BCUT2D eigenvalue weighted by Gasteiger charge is -2.37. The van der Waals surface area contributed by atoms with Gasteiger partial charge in [0.2, 0.25) is 0 Å². The zero-order valence-electron chi connectivity index (χ0n) is 12.9. The van der Waals surface area contributed by atoms with Crippen LogP contribution in [0.4, 0.5) is 0 Å². The molecular formula is C18H29NO. The molecule has 20 heavy (non-hydrogen) atoms. The van der Waals surface area contributed by atoms with E-state index in [1.165, 1.54) is 31.2 Å². The standard InChI is InChI=1S/C18H29NO/c1-14(2)17-10-6-7-11-18(17)19-16(13-20)12-15-8-4-3-5-9-15/h3-5,8-9,14,16-20H,6-7,10-13H2,1-2H3/t16-,17?,18?/m1/s1. The summed E-state index contributed by atoms with van der Waals surface area (Å²) in [7, 11) is 0. The Labute approximate surface area is 123 Å². The number of aliphatic hydroxyl groups is 1. The zero-order chi connectivity index (χ0) is 14.4. The fourth-order valence-corrected chi connectivity index (χ4v) is 3.54. The molecule has 0 aliphatic heterocycles. The summed E-state index contributed by atoms with van der Waals surface area (Å²) < 4.78 is 0. The quantitative estimate of drug-likeness (QED) is 0.834. The van der Waals surface area contributed by atoms with E-state index in [4.69, 9.17) is 0 Å². The van der Waals surface area contributed by atoms with Gasteiger partial charge in [0.05, 0.1) is 6.61 Å². The first-order valence-electron chi connectivity index (χ1n) is 8.11. The molecule has 112 valence electrons. The third kappa shape index (κ3) is 4.32. The van der Waals surface area contributed by atoms with Crippen molar-refractivity contribution in [3.63, 3.8) is 0 Å². The van der Waals surface area contributed by atoms with Gasteiger partial charge in [0, 0.05) is 12.1 Å². The van der Waals surface area contributed by atoms with Crippen LogP contribution in [-0.4, -0.2) is 23.8 Å². The highest BCUT2D eigenvalue weighted by Crippen LogP contribution is 2.30. The lowest BCUT2D eigenvalue weighted by molar-refractivity contribution is 0.162. The molecule has 0 heterocycles. The molecule has 0 amide bonds.